The van der Waals surface area contributed by atoms with Crippen molar-refractivity contribution in [1.82, 2.24) is 5.32 Å². The molecule has 0 radical (unpaired) electrons. The maximum Gasteiger partial charge on any atom is 0.368 e. The summed E-state index contributed by atoms with van der Waals surface area (Å²) in [7, 11) is 1.21. The molecule has 0 aliphatic carbocycles. The standard InChI is InChI=1S/C18H20N4O4/c1-11-3-9-14(10-4-11)26-16(17(24)25-2)22-15(23)12-5-7-13(8-6-12)21-18(19)20/h3-10,16H,1-2H3,(H,22,23)(H4,19,20,21). The van der Waals surface area contributed by atoms with E-state index in [0.717, 1.165) is 5.56 Å². The molecule has 2 aromatic carbocycles. The van der Waals surface area contributed by atoms with Gasteiger partial charge in [-0.15, -0.1) is 0 Å². The Morgan fingerprint density at radius 1 is 1.04 bits per heavy atom. The first-order valence-corrected chi connectivity index (χ1v) is 7.71. The molecule has 2 rings (SSSR count). The Morgan fingerprint density at radius 2 is 1.65 bits per heavy atom. The Bertz CT molecular complexity index is 797. The largest absolute Gasteiger partial charge is 0.465 e. The van der Waals surface area contributed by atoms with Crippen molar-refractivity contribution in [3.8, 4) is 5.75 Å². The number of aliphatic imine (C=N–C) groups is 1. The van der Waals surface area contributed by atoms with Gasteiger partial charge in [0, 0.05) is 5.56 Å². The molecule has 1 atom stereocenters. The lowest BCUT2D eigenvalue weighted by Crippen LogP contribution is -2.45. The maximum absolute atomic E-state index is 12.4. The number of hydrogen-bond acceptors (Lipinski definition) is 5. The molecule has 0 aliphatic rings. The minimum Gasteiger partial charge on any atom is -0.465 e. The van der Waals surface area contributed by atoms with E-state index in [1.54, 1.807) is 24.3 Å². The van der Waals surface area contributed by atoms with Crippen LogP contribution in [0, 0.1) is 6.92 Å². The highest BCUT2D eigenvalue weighted by Gasteiger charge is 2.24. The number of hydrogen-bond donors (Lipinski definition) is 3. The molecule has 1 unspecified atom stereocenters. The molecule has 1 amide bonds. The van der Waals surface area contributed by atoms with E-state index in [4.69, 9.17) is 16.2 Å². The van der Waals surface area contributed by atoms with Crippen molar-refractivity contribution in [2.24, 2.45) is 16.5 Å². The number of nitrogens with two attached hydrogens (primary N) is 2. The number of carbonyl (C=O) groups excluding carboxylic acids is 2. The fraction of sp³-hybridized carbons (Fsp3) is 0.167. The summed E-state index contributed by atoms with van der Waals surface area (Å²) >= 11 is 0. The second-order valence-corrected chi connectivity index (χ2v) is 5.39. The SMILES string of the molecule is COC(=O)C(NC(=O)c1ccc(N=C(N)N)cc1)Oc1ccc(C)cc1. The molecule has 0 spiro atoms. The highest BCUT2D eigenvalue weighted by atomic mass is 16.6. The summed E-state index contributed by atoms with van der Waals surface area (Å²) in [5, 5.41) is 2.49. The first-order valence-electron chi connectivity index (χ1n) is 7.71. The number of nitrogens with one attached hydrogen (secondary N) is 1. The van der Waals surface area contributed by atoms with Crippen LogP contribution in [0.3, 0.4) is 0 Å². The summed E-state index contributed by atoms with van der Waals surface area (Å²) in [4.78, 5) is 28.2. The van der Waals surface area contributed by atoms with Crippen LogP contribution in [0.5, 0.6) is 5.75 Å². The quantitative estimate of drug-likeness (QED) is 0.309. The highest BCUT2D eigenvalue weighted by Crippen LogP contribution is 2.15. The van der Waals surface area contributed by atoms with Crippen LogP contribution in [-0.2, 0) is 9.53 Å². The van der Waals surface area contributed by atoms with Gasteiger partial charge in [-0.2, -0.15) is 0 Å². The summed E-state index contributed by atoms with van der Waals surface area (Å²) in [6.07, 6.45) is -1.28. The van der Waals surface area contributed by atoms with Crippen LogP contribution in [0.2, 0.25) is 0 Å². The Balaban J connectivity index is 2.11. The molecule has 0 heterocycles. The van der Waals surface area contributed by atoms with Crippen LogP contribution in [-0.4, -0.2) is 31.2 Å². The minimum atomic E-state index is -1.28. The Hall–Kier alpha value is -3.55. The van der Waals surface area contributed by atoms with E-state index in [2.05, 4.69) is 15.0 Å². The van der Waals surface area contributed by atoms with Crippen molar-refractivity contribution in [2.45, 2.75) is 13.2 Å². The number of carbonyl (C=O) groups is 2. The number of nitrogens with zero attached hydrogens (tertiary/aromatic N) is 1. The Labute approximate surface area is 150 Å². The zero-order valence-electron chi connectivity index (χ0n) is 14.4. The van der Waals surface area contributed by atoms with Gasteiger partial charge in [0.2, 0.25) is 0 Å². The number of ether oxygens (including phenoxy) is 2. The van der Waals surface area contributed by atoms with Gasteiger partial charge in [0.15, 0.2) is 5.96 Å². The molecule has 0 saturated carbocycles. The summed E-state index contributed by atoms with van der Waals surface area (Å²) in [6, 6.07) is 13.2. The van der Waals surface area contributed by atoms with Gasteiger partial charge in [0.25, 0.3) is 12.1 Å². The van der Waals surface area contributed by atoms with Crippen LogP contribution in [0.25, 0.3) is 0 Å². The molecule has 0 fully saturated rings. The smallest absolute Gasteiger partial charge is 0.368 e. The van der Waals surface area contributed by atoms with Crippen LogP contribution >= 0.6 is 0 Å². The molecule has 0 bridgehead atoms. The zero-order chi connectivity index (χ0) is 19.1. The van der Waals surface area contributed by atoms with Gasteiger partial charge < -0.3 is 26.3 Å². The van der Waals surface area contributed by atoms with E-state index in [9.17, 15) is 9.59 Å². The topological polar surface area (TPSA) is 129 Å². The molecule has 0 aliphatic heterocycles. The van der Waals surface area contributed by atoms with Crippen molar-refractivity contribution >= 4 is 23.5 Å². The van der Waals surface area contributed by atoms with Crippen LogP contribution in [0.4, 0.5) is 5.69 Å². The molecule has 26 heavy (non-hydrogen) atoms. The highest BCUT2D eigenvalue weighted by molar-refractivity contribution is 5.96. The molecule has 0 saturated heterocycles. The summed E-state index contributed by atoms with van der Waals surface area (Å²) in [6.45, 7) is 1.93. The van der Waals surface area contributed by atoms with Crippen molar-refractivity contribution < 1.29 is 19.1 Å². The number of esters is 1. The van der Waals surface area contributed by atoms with Crippen LogP contribution < -0.4 is 21.5 Å². The van der Waals surface area contributed by atoms with Crippen molar-refractivity contribution in [3.63, 3.8) is 0 Å². The lowest BCUT2D eigenvalue weighted by atomic mass is 10.2. The fourth-order valence-electron chi connectivity index (χ4n) is 2.04. The number of guanidine groups is 1. The van der Waals surface area contributed by atoms with Gasteiger partial charge in [-0.05, 0) is 43.3 Å². The van der Waals surface area contributed by atoms with Gasteiger partial charge in [-0.1, -0.05) is 17.7 Å². The van der Waals surface area contributed by atoms with Gasteiger partial charge in [0.1, 0.15) is 5.75 Å². The number of methoxy groups -OCH3 is 1. The third kappa shape index (κ3) is 5.23. The van der Waals surface area contributed by atoms with E-state index in [1.165, 1.54) is 19.2 Å². The third-order valence-electron chi connectivity index (χ3n) is 3.34. The second kappa shape index (κ2) is 8.52. The molecule has 8 nitrogen and oxygen atoms in total. The van der Waals surface area contributed by atoms with Crippen molar-refractivity contribution in [1.29, 1.82) is 0 Å². The number of benzene rings is 2. The lowest BCUT2D eigenvalue weighted by molar-refractivity contribution is -0.149. The molecule has 8 heteroatoms. The molecule has 5 N–H and O–H groups in total. The first kappa shape index (κ1) is 18.8. The molecule has 136 valence electrons. The Morgan fingerprint density at radius 3 is 2.19 bits per heavy atom. The van der Waals surface area contributed by atoms with Gasteiger partial charge in [-0.3, -0.25) is 4.79 Å². The van der Waals surface area contributed by atoms with E-state index in [0.29, 0.717) is 17.0 Å². The lowest BCUT2D eigenvalue weighted by Gasteiger charge is -2.18. The summed E-state index contributed by atoms with van der Waals surface area (Å²) in [5.41, 5.74) is 12.4. The predicted octanol–water partition coefficient (Wildman–Crippen LogP) is 1.21. The van der Waals surface area contributed by atoms with Crippen LogP contribution in [0.1, 0.15) is 15.9 Å². The normalized spacial score (nSPS) is 11.2. The van der Waals surface area contributed by atoms with Crippen molar-refractivity contribution in [2.75, 3.05) is 7.11 Å². The average Bonchev–Trinajstić information content (AvgIpc) is 2.62. The molecular weight excluding hydrogens is 336 g/mol. The van der Waals surface area contributed by atoms with E-state index in [-0.39, 0.29) is 5.96 Å². The summed E-state index contributed by atoms with van der Waals surface area (Å²) < 4.78 is 10.2. The second-order valence-electron chi connectivity index (χ2n) is 5.39. The van der Waals surface area contributed by atoms with E-state index >= 15 is 0 Å². The van der Waals surface area contributed by atoms with E-state index < -0.39 is 18.1 Å². The monoisotopic (exact) mass is 356 g/mol. The summed E-state index contributed by atoms with van der Waals surface area (Å²) in [5.74, 6) is -0.895. The fourth-order valence-corrected chi connectivity index (χ4v) is 2.04. The van der Waals surface area contributed by atoms with Crippen molar-refractivity contribution in [3.05, 3.63) is 59.7 Å². The number of amides is 1. The van der Waals surface area contributed by atoms with E-state index in [1.807, 2.05) is 19.1 Å². The first-order chi connectivity index (χ1) is 12.4. The molecule has 2 aromatic rings. The zero-order valence-corrected chi connectivity index (χ0v) is 14.4. The minimum absolute atomic E-state index is 0.0838. The number of aryl methyl sites for hydroxylation is 1. The van der Waals surface area contributed by atoms with Gasteiger partial charge in [0.05, 0.1) is 12.8 Å². The Kier molecular flexibility index (Phi) is 6.15. The average molecular weight is 356 g/mol. The molecule has 0 aromatic heterocycles. The third-order valence-corrected chi connectivity index (χ3v) is 3.34. The van der Waals surface area contributed by atoms with Crippen LogP contribution in [0.15, 0.2) is 53.5 Å². The van der Waals surface area contributed by atoms with Gasteiger partial charge in [-0.25, -0.2) is 9.79 Å². The maximum atomic E-state index is 12.4. The predicted molar refractivity (Wildman–Crippen MR) is 97.0 cm³/mol. The molecular formula is C18H20N4O4. The van der Waals surface area contributed by atoms with Gasteiger partial charge >= 0.3 is 5.97 Å². The number of rotatable bonds is 6.